The van der Waals surface area contributed by atoms with Gasteiger partial charge in [0.25, 0.3) is 0 Å². The first kappa shape index (κ1) is 14.1. The Bertz CT molecular complexity index is 384. The number of ether oxygens (including phenoxy) is 1. The van der Waals surface area contributed by atoms with Gasteiger partial charge < -0.3 is 10.1 Å². The van der Waals surface area contributed by atoms with Crippen molar-refractivity contribution in [2.24, 2.45) is 0 Å². The number of rotatable bonds is 7. The highest BCUT2D eigenvalue weighted by Gasteiger charge is 2.04. The molecule has 0 unspecified atom stereocenters. The van der Waals surface area contributed by atoms with Crippen LogP contribution in [0.25, 0.3) is 0 Å². The molecule has 0 atom stereocenters. The maximum Gasteiger partial charge on any atom is 0.123 e. The van der Waals surface area contributed by atoms with Crippen LogP contribution in [0.1, 0.15) is 25.3 Å². The Kier molecular flexibility index (Phi) is 6.76. The average Bonchev–Trinajstić information content (AvgIpc) is 2.32. The molecular weight excluding hydrogens is 278 g/mol. The van der Waals surface area contributed by atoms with Crippen molar-refractivity contribution in [1.82, 2.24) is 5.32 Å². The van der Waals surface area contributed by atoms with E-state index in [0.717, 1.165) is 35.3 Å². The summed E-state index contributed by atoms with van der Waals surface area (Å²) < 4.78 is 6.72. The van der Waals surface area contributed by atoms with Crippen LogP contribution in [0.2, 0.25) is 0 Å². The molecule has 1 aromatic rings. The summed E-state index contributed by atoms with van der Waals surface area (Å²) in [5.41, 5.74) is 1.16. The molecule has 0 aliphatic heterocycles. The van der Waals surface area contributed by atoms with Crippen molar-refractivity contribution in [3.8, 4) is 18.1 Å². The van der Waals surface area contributed by atoms with Crippen LogP contribution in [0.15, 0.2) is 22.7 Å². The van der Waals surface area contributed by atoms with Gasteiger partial charge >= 0.3 is 0 Å². The third-order valence-corrected chi connectivity index (χ3v) is 2.76. The zero-order valence-corrected chi connectivity index (χ0v) is 11.7. The summed E-state index contributed by atoms with van der Waals surface area (Å²) in [5.74, 6) is 3.48. The Morgan fingerprint density at radius 1 is 1.47 bits per heavy atom. The molecule has 0 aromatic heterocycles. The molecule has 3 heteroatoms. The second-order valence-corrected chi connectivity index (χ2v) is 4.65. The first-order chi connectivity index (χ1) is 8.27. The average molecular weight is 296 g/mol. The minimum atomic E-state index is 0.568. The third kappa shape index (κ3) is 5.25. The van der Waals surface area contributed by atoms with E-state index in [0.29, 0.717) is 13.0 Å². The molecule has 0 fully saturated rings. The fraction of sp³-hybridized carbons (Fsp3) is 0.429. The summed E-state index contributed by atoms with van der Waals surface area (Å²) in [7, 11) is 0. The Morgan fingerprint density at radius 3 is 3.00 bits per heavy atom. The Balaban J connectivity index is 2.63. The number of hydrogen-bond acceptors (Lipinski definition) is 2. The van der Waals surface area contributed by atoms with Gasteiger partial charge in [0, 0.05) is 23.0 Å². The summed E-state index contributed by atoms with van der Waals surface area (Å²) in [5, 5.41) is 3.37. The number of terminal acetylenes is 1. The van der Waals surface area contributed by atoms with Crippen molar-refractivity contribution in [3.05, 3.63) is 28.2 Å². The third-order valence-electron chi connectivity index (χ3n) is 2.27. The van der Waals surface area contributed by atoms with Gasteiger partial charge in [-0.2, -0.15) is 0 Å². The molecule has 0 heterocycles. The van der Waals surface area contributed by atoms with E-state index in [1.54, 1.807) is 0 Å². The van der Waals surface area contributed by atoms with Gasteiger partial charge in [0.2, 0.25) is 0 Å². The van der Waals surface area contributed by atoms with Gasteiger partial charge in [0.05, 0.1) is 6.61 Å². The number of halogens is 1. The van der Waals surface area contributed by atoms with Crippen molar-refractivity contribution in [1.29, 1.82) is 0 Å². The van der Waals surface area contributed by atoms with Crippen molar-refractivity contribution in [2.75, 3.05) is 13.2 Å². The second-order valence-electron chi connectivity index (χ2n) is 3.73. The molecule has 0 amide bonds. The maximum atomic E-state index is 5.66. The van der Waals surface area contributed by atoms with Gasteiger partial charge in [0.1, 0.15) is 5.75 Å². The Labute approximate surface area is 112 Å². The minimum Gasteiger partial charge on any atom is -0.492 e. The second kappa shape index (κ2) is 8.16. The molecule has 0 aliphatic carbocycles. The van der Waals surface area contributed by atoms with Crippen LogP contribution in [0.4, 0.5) is 0 Å². The number of hydrogen-bond donors (Lipinski definition) is 1. The van der Waals surface area contributed by atoms with Crippen LogP contribution in [0.3, 0.4) is 0 Å². The van der Waals surface area contributed by atoms with Crippen molar-refractivity contribution < 1.29 is 4.74 Å². The van der Waals surface area contributed by atoms with Crippen LogP contribution < -0.4 is 10.1 Å². The zero-order chi connectivity index (χ0) is 12.5. The smallest absolute Gasteiger partial charge is 0.123 e. The fourth-order valence-corrected chi connectivity index (χ4v) is 1.86. The van der Waals surface area contributed by atoms with Gasteiger partial charge in [-0.1, -0.05) is 22.9 Å². The maximum absolute atomic E-state index is 5.66. The van der Waals surface area contributed by atoms with Gasteiger partial charge in [-0.25, -0.2) is 0 Å². The molecule has 0 bridgehead atoms. The highest BCUT2D eigenvalue weighted by atomic mass is 79.9. The molecule has 0 radical (unpaired) electrons. The quantitative estimate of drug-likeness (QED) is 0.615. The van der Waals surface area contributed by atoms with Gasteiger partial charge in [0.15, 0.2) is 0 Å². The van der Waals surface area contributed by atoms with Crippen LogP contribution in [-0.4, -0.2) is 13.2 Å². The van der Waals surface area contributed by atoms with Crippen molar-refractivity contribution in [3.63, 3.8) is 0 Å². The zero-order valence-electron chi connectivity index (χ0n) is 10.1. The highest BCUT2D eigenvalue weighted by molar-refractivity contribution is 9.10. The van der Waals surface area contributed by atoms with Crippen LogP contribution in [0, 0.1) is 12.3 Å². The van der Waals surface area contributed by atoms with Crippen LogP contribution in [-0.2, 0) is 6.54 Å². The summed E-state index contributed by atoms with van der Waals surface area (Å²) in [4.78, 5) is 0. The normalized spacial score (nSPS) is 9.94. The van der Waals surface area contributed by atoms with E-state index < -0.39 is 0 Å². The molecule has 0 spiro atoms. The van der Waals surface area contributed by atoms with Gasteiger partial charge in [-0.3, -0.25) is 0 Å². The topological polar surface area (TPSA) is 21.3 Å². The lowest BCUT2D eigenvalue weighted by Gasteiger charge is -2.11. The molecule has 17 heavy (non-hydrogen) atoms. The molecule has 1 N–H and O–H groups in total. The van der Waals surface area contributed by atoms with E-state index in [1.165, 1.54) is 0 Å². The predicted octanol–water partition coefficient (Wildman–Crippen LogP) is 3.35. The lowest BCUT2D eigenvalue weighted by molar-refractivity contribution is 0.323. The Morgan fingerprint density at radius 2 is 2.29 bits per heavy atom. The summed E-state index contributed by atoms with van der Waals surface area (Å²) >= 11 is 3.47. The number of benzene rings is 1. The lowest BCUT2D eigenvalue weighted by Crippen LogP contribution is -2.14. The molecule has 92 valence electrons. The predicted molar refractivity (Wildman–Crippen MR) is 75.1 cm³/mol. The monoisotopic (exact) mass is 295 g/mol. The van der Waals surface area contributed by atoms with E-state index in [-0.39, 0.29) is 0 Å². The van der Waals surface area contributed by atoms with E-state index in [9.17, 15) is 0 Å². The minimum absolute atomic E-state index is 0.568. The summed E-state index contributed by atoms with van der Waals surface area (Å²) in [6.45, 7) is 4.55. The van der Waals surface area contributed by atoms with Crippen molar-refractivity contribution in [2.45, 2.75) is 26.3 Å². The Hall–Kier alpha value is -0.980. The molecule has 0 aliphatic rings. The summed E-state index contributed by atoms with van der Waals surface area (Å²) in [6.07, 6.45) is 6.97. The first-order valence-corrected chi connectivity index (χ1v) is 6.62. The van der Waals surface area contributed by atoms with E-state index in [1.807, 2.05) is 12.1 Å². The first-order valence-electron chi connectivity index (χ1n) is 5.83. The SMILES string of the molecule is C#CCCOc1ccc(Br)cc1CNCCC. The van der Waals surface area contributed by atoms with Gasteiger partial charge in [-0.05, 0) is 31.2 Å². The molecule has 1 rings (SSSR count). The standard InChI is InChI=1S/C14H18BrNO/c1-3-5-9-17-14-7-6-13(15)10-12(14)11-16-8-4-2/h1,6-7,10,16H,4-5,8-9,11H2,2H3. The molecule has 1 aromatic carbocycles. The molecule has 0 saturated heterocycles. The van der Waals surface area contributed by atoms with E-state index in [2.05, 4.69) is 40.2 Å². The number of nitrogens with one attached hydrogen (secondary N) is 1. The molecule has 0 saturated carbocycles. The lowest BCUT2D eigenvalue weighted by atomic mass is 10.2. The molecule has 2 nitrogen and oxygen atoms in total. The van der Waals surface area contributed by atoms with Gasteiger partial charge in [-0.15, -0.1) is 12.3 Å². The largest absolute Gasteiger partial charge is 0.492 e. The fourth-order valence-electron chi connectivity index (χ4n) is 1.45. The van der Waals surface area contributed by atoms with Crippen molar-refractivity contribution >= 4 is 15.9 Å². The van der Waals surface area contributed by atoms with E-state index >= 15 is 0 Å². The van der Waals surface area contributed by atoms with Crippen LogP contribution in [0.5, 0.6) is 5.75 Å². The summed E-state index contributed by atoms with van der Waals surface area (Å²) in [6, 6.07) is 6.03. The highest BCUT2D eigenvalue weighted by Crippen LogP contribution is 2.23. The van der Waals surface area contributed by atoms with E-state index in [4.69, 9.17) is 11.2 Å². The molecular formula is C14H18BrNO. The van der Waals surface area contributed by atoms with Crippen LogP contribution >= 0.6 is 15.9 Å².